The number of fused-ring (bicyclic) bond motifs is 1. The monoisotopic (exact) mass is 328 g/mol. The van der Waals surface area contributed by atoms with Crippen molar-refractivity contribution in [3.63, 3.8) is 0 Å². The molecular formula is C20H28N2S. The Morgan fingerprint density at radius 1 is 0.870 bits per heavy atom. The van der Waals surface area contributed by atoms with Crippen LogP contribution in [0.4, 0.5) is 5.69 Å². The van der Waals surface area contributed by atoms with Gasteiger partial charge in [0.25, 0.3) is 0 Å². The quantitative estimate of drug-likeness (QED) is 0.444. The number of benzene rings is 2. The number of thiocarbonyl (C=S) groups is 1. The molecule has 0 aliphatic heterocycles. The topological polar surface area (TPSA) is 24.1 Å². The molecule has 0 spiro atoms. The van der Waals surface area contributed by atoms with Gasteiger partial charge in [0.15, 0.2) is 5.11 Å². The van der Waals surface area contributed by atoms with Crippen LogP contribution in [-0.2, 0) is 0 Å². The van der Waals surface area contributed by atoms with Gasteiger partial charge in [0.2, 0.25) is 0 Å². The van der Waals surface area contributed by atoms with E-state index in [2.05, 4.69) is 60.0 Å². The minimum atomic E-state index is 0.715. The van der Waals surface area contributed by atoms with Gasteiger partial charge in [-0.2, -0.15) is 0 Å². The van der Waals surface area contributed by atoms with Gasteiger partial charge in [0.05, 0.1) is 0 Å². The predicted molar refractivity (Wildman–Crippen MR) is 106 cm³/mol. The van der Waals surface area contributed by atoms with Crippen LogP contribution in [-0.4, -0.2) is 11.7 Å². The Balaban J connectivity index is 1.68. The second kappa shape index (κ2) is 10.2. The van der Waals surface area contributed by atoms with Crippen LogP contribution in [0.1, 0.15) is 51.9 Å². The highest BCUT2D eigenvalue weighted by molar-refractivity contribution is 7.80. The third-order valence-electron chi connectivity index (χ3n) is 4.10. The molecule has 0 amide bonds. The van der Waals surface area contributed by atoms with Gasteiger partial charge in [0, 0.05) is 17.6 Å². The van der Waals surface area contributed by atoms with Crippen molar-refractivity contribution in [2.24, 2.45) is 0 Å². The molecule has 2 rings (SSSR count). The van der Waals surface area contributed by atoms with E-state index in [4.69, 9.17) is 12.2 Å². The van der Waals surface area contributed by atoms with E-state index in [1.807, 2.05) is 0 Å². The van der Waals surface area contributed by atoms with Crippen LogP contribution in [0.5, 0.6) is 0 Å². The molecular weight excluding hydrogens is 300 g/mol. The van der Waals surface area contributed by atoms with Gasteiger partial charge in [0.1, 0.15) is 0 Å². The first-order valence-electron chi connectivity index (χ1n) is 8.84. The largest absolute Gasteiger partial charge is 0.362 e. The number of hydrogen-bond donors (Lipinski definition) is 2. The molecule has 3 heteroatoms. The lowest BCUT2D eigenvalue weighted by molar-refractivity contribution is 0.586. The zero-order chi connectivity index (χ0) is 16.3. The number of unbranched alkanes of at least 4 members (excludes halogenated alkanes) is 6. The van der Waals surface area contributed by atoms with Crippen LogP contribution in [0.25, 0.3) is 10.8 Å². The van der Waals surface area contributed by atoms with Crippen molar-refractivity contribution < 1.29 is 0 Å². The molecule has 23 heavy (non-hydrogen) atoms. The van der Waals surface area contributed by atoms with Gasteiger partial charge in [-0.25, -0.2) is 0 Å². The Hall–Kier alpha value is -1.61. The van der Waals surface area contributed by atoms with Crippen LogP contribution in [0.2, 0.25) is 0 Å². The SMILES string of the molecule is CCCCCCCCCNC(=S)Nc1cccc2ccccc12. The summed E-state index contributed by atoms with van der Waals surface area (Å²) in [6, 6.07) is 14.6. The molecule has 0 saturated carbocycles. The molecule has 2 nitrogen and oxygen atoms in total. The van der Waals surface area contributed by atoms with Gasteiger partial charge < -0.3 is 10.6 Å². The highest BCUT2D eigenvalue weighted by Gasteiger charge is 2.02. The first kappa shape index (κ1) is 17.7. The van der Waals surface area contributed by atoms with Crippen molar-refractivity contribution in [2.75, 3.05) is 11.9 Å². The average molecular weight is 329 g/mol. The molecule has 0 saturated heterocycles. The van der Waals surface area contributed by atoms with Crippen LogP contribution in [0.15, 0.2) is 42.5 Å². The highest BCUT2D eigenvalue weighted by Crippen LogP contribution is 2.22. The maximum atomic E-state index is 5.41. The lowest BCUT2D eigenvalue weighted by atomic mass is 10.1. The minimum Gasteiger partial charge on any atom is -0.362 e. The van der Waals surface area contributed by atoms with Crippen LogP contribution in [0, 0.1) is 0 Å². The smallest absolute Gasteiger partial charge is 0.170 e. The van der Waals surface area contributed by atoms with E-state index in [9.17, 15) is 0 Å². The Morgan fingerprint density at radius 3 is 2.39 bits per heavy atom. The lowest BCUT2D eigenvalue weighted by Gasteiger charge is -2.12. The Kier molecular flexibility index (Phi) is 7.88. The fourth-order valence-electron chi connectivity index (χ4n) is 2.78. The average Bonchev–Trinajstić information content (AvgIpc) is 2.57. The van der Waals surface area contributed by atoms with Crippen molar-refractivity contribution >= 4 is 33.8 Å². The normalized spacial score (nSPS) is 10.7. The van der Waals surface area contributed by atoms with E-state index in [1.54, 1.807) is 0 Å². The van der Waals surface area contributed by atoms with Crippen molar-refractivity contribution in [3.05, 3.63) is 42.5 Å². The molecule has 0 fully saturated rings. The summed E-state index contributed by atoms with van der Waals surface area (Å²) >= 11 is 5.41. The number of hydrogen-bond acceptors (Lipinski definition) is 1. The first-order valence-corrected chi connectivity index (χ1v) is 9.24. The van der Waals surface area contributed by atoms with Crippen LogP contribution >= 0.6 is 12.2 Å². The molecule has 0 aromatic heterocycles. The highest BCUT2D eigenvalue weighted by atomic mass is 32.1. The van der Waals surface area contributed by atoms with E-state index < -0.39 is 0 Å². The van der Waals surface area contributed by atoms with Gasteiger partial charge in [-0.3, -0.25) is 0 Å². The summed E-state index contributed by atoms with van der Waals surface area (Å²) in [7, 11) is 0. The van der Waals surface area contributed by atoms with Gasteiger partial charge in [-0.15, -0.1) is 0 Å². The number of nitrogens with one attached hydrogen (secondary N) is 2. The second-order valence-electron chi connectivity index (χ2n) is 6.03. The zero-order valence-electron chi connectivity index (χ0n) is 14.1. The first-order chi connectivity index (χ1) is 11.3. The summed E-state index contributed by atoms with van der Waals surface area (Å²) < 4.78 is 0. The molecule has 0 aliphatic rings. The van der Waals surface area contributed by atoms with E-state index in [0.717, 1.165) is 12.2 Å². The van der Waals surface area contributed by atoms with E-state index in [-0.39, 0.29) is 0 Å². The number of rotatable bonds is 9. The summed E-state index contributed by atoms with van der Waals surface area (Å²) in [6.07, 6.45) is 9.24. The zero-order valence-corrected chi connectivity index (χ0v) is 14.9. The van der Waals surface area contributed by atoms with Crippen molar-refractivity contribution in [1.82, 2.24) is 5.32 Å². The molecule has 124 valence electrons. The van der Waals surface area contributed by atoms with E-state index in [1.165, 1.54) is 55.7 Å². The molecule has 0 atom stereocenters. The Labute approximate surface area is 145 Å². The van der Waals surface area contributed by atoms with Gasteiger partial charge in [-0.1, -0.05) is 81.8 Å². The molecule has 2 N–H and O–H groups in total. The fraction of sp³-hybridized carbons (Fsp3) is 0.450. The maximum absolute atomic E-state index is 5.41. The summed E-state index contributed by atoms with van der Waals surface area (Å²) in [5.74, 6) is 0. The molecule has 2 aromatic rings. The lowest BCUT2D eigenvalue weighted by Crippen LogP contribution is -2.29. The van der Waals surface area contributed by atoms with Crippen molar-refractivity contribution in [2.45, 2.75) is 51.9 Å². The van der Waals surface area contributed by atoms with E-state index in [0.29, 0.717) is 5.11 Å². The summed E-state index contributed by atoms with van der Waals surface area (Å²) in [5.41, 5.74) is 1.07. The third kappa shape index (κ3) is 6.19. The molecule has 0 aliphatic carbocycles. The molecule has 0 unspecified atom stereocenters. The second-order valence-corrected chi connectivity index (χ2v) is 6.44. The molecule has 0 bridgehead atoms. The standard InChI is InChI=1S/C20H28N2S/c1-2-3-4-5-6-7-10-16-21-20(23)22-19-15-11-13-17-12-8-9-14-18(17)19/h8-9,11-15H,2-7,10,16H2,1H3,(H2,21,22,23). The molecule has 0 heterocycles. The summed E-state index contributed by atoms with van der Waals surface area (Å²) in [4.78, 5) is 0. The van der Waals surface area contributed by atoms with Gasteiger partial charge in [-0.05, 0) is 30.1 Å². The Bertz CT molecular complexity index is 604. The van der Waals surface area contributed by atoms with Gasteiger partial charge >= 0.3 is 0 Å². The van der Waals surface area contributed by atoms with Crippen LogP contribution in [0.3, 0.4) is 0 Å². The minimum absolute atomic E-state index is 0.715. The van der Waals surface area contributed by atoms with Crippen LogP contribution < -0.4 is 10.6 Å². The van der Waals surface area contributed by atoms with Crippen molar-refractivity contribution in [1.29, 1.82) is 0 Å². The third-order valence-corrected chi connectivity index (χ3v) is 4.35. The maximum Gasteiger partial charge on any atom is 0.170 e. The Morgan fingerprint density at radius 2 is 1.57 bits per heavy atom. The fourth-order valence-corrected chi connectivity index (χ4v) is 3.00. The summed E-state index contributed by atoms with van der Waals surface area (Å²) in [6.45, 7) is 3.21. The van der Waals surface area contributed by atoms with E-state index >= 15 is 0 Å². The molecule has 0 radical (unpaired) electrons. The molecule has 2 aromatic carbocycles. The number of anilines is 1. The summed E-state index contributed by atoms with van der Waals surface area (Å²) in [5, 5.41) is 9.79. The predicted octanol–water partition coefficient (Wildman–Crippen LogP) is 5.88. The van der Waals surface area contributed by atoms with Crippen molar-refractivity contribution in [3.8, 4) is 0 Å².